The number of nitrogens with one attached hydrogen (secondary N) is 1. The number of aryl methyl sites for hydroxylation is 1. The summed E-state index contributed by atoms with van der Waals surface area (Å²) in [5, 5.41) is 2.43. The Morgan fingerprint density at radius 2 is 1.88 bits per heavy atom. The van der Waals surface area contributed by atoms with E-state index in [1.807, 2.05) is 12.1 Å². The molecular formula is C19H26N2O4. The van der Waals surface area contributed by atoms with Crippen molar-refractivity contribution in [1.82, 2.24) is 10.2 Å². The fourth-order valence-corrected chi connectivity index (χ4v) is 2.56. The molecule has 1 atom stereocenters. The molecule has 0 saturated heterocycles. The van der Waals surface area contributed by atoms with E-state index in [4.69, 9.17) is 0 Å². The Labute approximate surface area is 148 Å². The highest BCUT2D eigenvalue weighted by molar-refractivity contribution is 6.04. The lowest BCUT2D eigenvalue weighted by atomic mass is 9.85. The van der Waals surface area contributed by atoms with Crippen molar-refractivity contribution in [3.05, 3.63) is 34.9 Å². The zero-order valence-electron chi connectivity index (χ0n) is 15.5. The van der Waals surface area contributed by atoms with Gasteiger partial charge in [-0.2, -0.15) is 0 Å². The molecule has 1 aromatic carbocycles. The SMILES string of the molecule is CNC(=O)C(CCC=O)N(C=O)C(=O)c1ccc(C(C)(C)C)cc1C. The van der Waals surface area contributed by atoms with Gasteiger partial charge in [0.05, 0.1) is 0 Å². The number of hydrogen-bond acceptors (Lipinski definition) is 4. The lowest BCUT2D eigenvalue weighted by Gasteiger charge is -2.26. The summed E-state index contributed by atoms with van der Waals surface area (Å²) in [6, 6.07) is 4.43. The topological polar surface area (TPSA) is 83.6 Å². The molecule has 0 bridgehead atoms. The van der Waals surface area contributed by atoms with Gasteiger partial charge in [-0.25, -0.2) is 0 Å². The standard InChI is InChI=1S/C19H26N2O4/c1-13-11-14(19(2,3)4)8-9-15(13)18(25)21(12-23)16(7-6-10-22)17(24)20-5/h8-12,16H,6-7H2,1-5H3,(H,20,24). The molecule has 0 aliphatic carbocycles. The van der Waals surface area contributed by atoms with Gasteiger partial charge in [-0.1, -0.05) is 32.9 Å². The molecule has 0 aromatic heterocycles. The van der Waals surface area contributed by atoms with Gasteiger partial charge in [-0.3, -0.25) is 19.3 Å². The zero-order chi connectivity index (χ0) is 19.2. The van der Waals surface area contributed by atoms with Crippen LogP contribution in [0.15, 0.2) is 18.2 Å². The summed E-state index contributed by atoms with van der Waals surface area (Å²) in [6.07, 6.45) is 1.18. The molecule has 0 saturated carbocycles. The van der Waals surface area contributed by atoms with E-state index in [1.54, 1.807) is 13.0 Å². The molecule has 6 heteroatoms. The van der Waals surface area contributed by atoms with Crippen molar-refractivity contribution in [2.75, 3.05) is 7.05 Å². The van der Waals surface area contributed by atoms with Gasteiger partial charge in [0.2, 0.25) is 12.3 Å². The van der Waals surface area contributed by atoms with E-state index in [-0.39, 0.29) is 18.3 Å². The molecule has 0 radical (unpaired) electrons. The largest absolute Gasteiger partial charge is 0.357 e. The number of amides is 3. The first-order valence-electron chi connectivity index (χ1n) is 8.21. The smallest absolute Gasteiger partial charge is 0.261 e. The first kappa shape index (κ1) is 20.5. The van der Waals surface area contributed by atoms with Gasteiger partial charge in [-0.05, 0) is 36.0 Å². The van der Waals surface area contributed by atoms with Crippen LogP contribution in [0.1, 0.15) is 55.1 Å². The minimum Gasteiger partial charge on any atom is -0.357 e. The molecule has 6 nitrogen and oxygen atoms in total. The fraction of sp³-hybridized carbons (Fsp3) is 0.474. The van der Waals surface area contributed by atoms with E-state index in [0.717, 1.165) is 16.0 Å². The second-order valence-corrected chi connectivity index (χ2v) is 6.97. The summed E-state index contributed by atoms with van der Waals surface area (Å²) in [4.78, 5) is 47.9. The van der Waals surface area contributed by atoms with Crippen molar-refractivity contribution in [1.29, 1.82) is 0 Å². The second-order valence-electron chi connectivity index (χ2n) is 6.97. The maximum absolute atomic E-state index is 12.8. The third-order valence-electron chi connectivity index (χ3n) is 4.11. The van der Waals surface area contributed by atoms with Crippen LogP contribution in [0.4, 0.5) is 0 Å². The number of nitrogens with zero attached hydrogens (tertiary/aromatic N) is 1. The van der Waals surface area contributed by atoms with Gasteiger partial charge >= 0.3 is 0 Å². The predicted octanol–water partition coefficient (Wildman–Crippen LogP) is 1.98. The highest BCUT2D eigenvalue weighted by atomic mass is 16.2. The van der Waals surface area contributed by atoms with Crippen molar-refractivity contribution < 1.29 is 19.2 Å². The van der Waals surface area contributed by atoms with Gasteiger partial charge < -0.3 is 10.1 Å². The molecule has 1 rings (SSSR count). The third kappa shape index (κ3) is 4.98. The maximum atomic E-state index is 12.8. The molecule has 1 unspecified atom stereocenters. The molecule has 1 aromatic rings. The van der Waals surface area contributed by atoms with Crippen LogP contribution in [0, 0.1) is 6.92 Å². The highest BCUT2D eigenvalue weighted by Gasteiger charge is 2.30. The van der Waals surface area contributed by atoms with Crippen LogP contribution in [0.25, 0.3) is 0 Å². The Hall–Kier alpha value is -2.50. The summed E-state index contributed by atoms with van der Waals surface area (Å²) >= 11 is 0. The van der Waals surface area contributed by atoms with Crippen LogP contribution in [-0.2, 0) is 19.8 Å². The van der Waals surface area contributed by atoms with Crippen molar-refractivity contribution in [2.24, 2.45) is 0 Å². The van der Waals surface area contributed by atoms with E-state index >= 15 is 0 Å². The van der Waals surface area contributed by atoms with Gasteiger partial charge in [0, 0.05) is 19.0 Å². The monoisotopic (exact) mass is 346 g/mol. The summed E-state index contributed by atoms with van der Waals surface area (Å²) in [5.74, 6) is -1.03. The van der Waals surface area contributed by atoms with Gasteiger partial charge in [0.15, 0.2) is 0 Å². The van der Waals surface area contributed by atoms with E-state index in [1.165, 1.54) is 7.05 Å². The predicted molar refractivity (Wildman–Crippen MR) is 95.3 cm³/mol. The molecule has 0 aliphatic rings. The number of aldehydes is 1. The summed E-state index contributed by atoms with van der Waals surface area (Å²) in [5.41, 5.74) is 2.10. The molecule has 25 heavy (non-hydrogen) atoms. The molecule has 0 spiro atoms. The van der Waals surface area contributed by atoms with Crippen LogP contribution in [0.5, 0.6) is 0 Å². The van der Waals surface area contributed by atoms with E-state index in [0.29, 0.717) is 18.3 Å². The third-order valence-corrected chi connectivity index (χ3v) is 4.11. The van der Waals surface area contributed by atoms with Crippen LogP contribution in [-0.4, -0.2) is 42.5 Å². The molecule has 0 aliphatic heterocycles. The number of benzene rings is 1. The first-order valence-corrected chi connectivity index (χ1v) is 8.21. The van der Waals surface area contributed by atoms with Crippen LogP contribution < -0.4 is 5.32 Å². The van der Waals surface area contributed by atoms with Crippen molar-refractivity contribution in [3.8, 4) is 0 Å². The minimum atomic E-state index is -1.01. The molecule has 0 fully saturated rings. The van der Waals surface area contributed by atoms with Gasteiger partial charge in [-0.15, -0.1) is 0 Å². The fourth-order valence-electron chi connectivity index (χ4n) is 2.56. The summed E-state index contributed by atoms with van der Waals surface area (Å²) in [6.45, 7) is 8.01. The number of carbonyl (C=O) groups excluding carboxylic acids is 4. The molecule has 136 valence electrons. The number of hydrogen-bond donors (Lipinski definition) is 1. The molecule has 1 N–H and O–H groups in total. The highest BCUT2D eigenvalue weighted by Crippen LogP contribution is 2.25. The number of rotatable bonds is 7. The lowest BCUT2D eigenvalue weighted by Crippen LogP contribution is -2.48. The van der Waals surface area contributed by atoms with Crippen molar-refractivity contribution >= 4 is 24.5 Å². The maximum Gasteiger partial charge on any atom is 0.261 e. The summed E-state index contributed by atoms with van der Waals surface area (Å²) in [7, 11) is 1.42. The normalized spacial score (nSPS) is 12.2. The Kier molecular flexibility index (Phi) is 7.03. The Morgan fingerprint density at radius 1 is 1.24 bits per heavy atom. The Morgan fingerprint density at radius 3 is 2.32 bits per heavy atom. The van der Waals surface area contributed by atoms with Crippen LogP contribution in [0.3, 0.4) is 0 Å². The zero-order valence-corrected chi connectivity index (χ0v) is 15.5. The average Bonchev–Trinajstić information content (AvgIpc) is 2.56. The molecule has 0 heterocycles. The number of imide groups is 1. The first-order chi connectivity index (χ1) is 11.7. The van der Waals surface area contributed by atoms with Crippen LogP contribution >= 0.6 is 0 Å². The van der Waals surface area contributed by atoms with E-state index in [9.17, 15) is 19.2 Å². The van der Waals surface area contributed by atoms with E-state index < -0.39 is 17.9 Å². The Bertz CT molecular complexity index is 662. The summed E-state index contributed by atoms with van der Waals surface area (Å²) < 4.78 is 0. The molecular weight excluding hydrogens is 320 g/mol. The van der Waals surface area contributed by atoms with Gasteiger partial charge in [0.1, 0.15) is 12.3 Å². The Balaban J connectivity index is 3.22. The number of likely N-dealkylation sites (N-methyl/N-ethyl adjacent to an activating group) is 1. The lowest BCUT2D eigenvalue weighted by molar-refractivity contribution is -0.131. The quantitative estimate of drug-likeness (QED) is 0.765. The van der Waals surface area contributed by atoms with E-state index in [2.05, 4.69) is 26.1 Å². The van der Waals surface area contributed by atoms with Gasteiger partial charge in [0.25, 0.3) is 5.91 Å². The molecule has 3 amide bonds. The van der Waals surface area contributed by atoms with Crippen molar-refractivity contribution in [2.45, 2.75) is 52.0 Å². The second kappa shape index (κ2) is 8.55. The number of carbonyl (C=O) groups is 4. The average molecular weight is 346 g/mol. The minimum absolute atomic E-state index is 0.0642. The van der Waals surface area contributed by atoms with Crippen LogP contribution in [0.2, 0.25) is 0 Å². The van der Waals surface area contributed by atoms with Crippen molar-refractivity contribution in [3.63, 3.8) is 0 Å².